The number of carbonyl (C=O) groups is 1. The van der Waals surface area contributed by atoms with Gasteiger partial charge in [-0.15, -0.1) is 0 Å². The molecule has 2 N–H and O–H groups in total. The molecule has 0 aliphatic carbocycles. The number of aldehydes is 1. The summed E-state index contributed by atoms with van der Waals surface area (Å²) < 4.78 is 10.6. The van der Waals surface area contributed by atoms with Crippen LogP contribution in [0.3, 0.4) is 0 Å². The van der Waals surface area contributed by atoms with E-state index in [-0.39, 0.29) is 6.04 Å². The van der Waals surface area contributed by atoms with E-state index in [1.54, 1.807) is 20.3 Å². The quantitative estimate of drug-likeness (QED) is 0.826. The van der Waals surface area contributed by atoms with Gasteiger partial charge in [-0.1, -0.05) is 0 Å². The van der Waals surface area contributed by atoms with E-state index in [1.807, 2.05) is 6.07 Å². The third-order valence-electron chi connectivity index (χ3n) is 4.04. The average Bonchev–Trinajstić information content (AvgIpc) is 2.86. The second kappa shape index (κ2) is 6.24. The van der Waals surface area contributed by atoms with Gasteiger partial charge in [0.25, 0.3) is 0 Å². The largest absolute Gasteiger partial charge is 0.493 e. The van der Waals surface area contributed by atoms with Crippen LogP contribution in [-0.2, 0) is 0 Å². The molecule has 0 saturated carbocycles. The molecule has 1 aliphatic heterocycles. The molecule has 5 nitrogen and oxygen atoms in total. The van der Waals surface area contributed by atoms with Crippen molar-refractivity contribution in [2.24, 2.45) is 11.7 Å². The van der Waals surface area contributed by atoms with E-state index in [1.165, 1.54) is 0 Å². The van der Waals surface area contributed by atoms with Gasteiger partial charge in [-0.25, -0.2) is 0 Å². The molecule has 20 heavy (non-hydrogen) atoms. The molecule has 0 radical (unpaired) electrons. The monoisotopic (exact) mass is 278 g/mol. The van der Waals surface area contributed by atoms with Crippen LogP contribution in [0.1, 0.15) is 28.4 Å². The van der Waals surface area contributed by atoms with Crippen molar-refractivity contribution in [2.75, 3.05) is 34.4 Å². The smallest absolute Gasteiger partial charge is 0.161 e. The highest BCUT2D eigenvalue weighted by Crippen LogP contribution is 2.39. The summed E-state index contributed by atoms with van der Waals surface area (Å²) in [6.45, 7) is 1.62. The SMILES string of the molecule is COc1cc(C=O)c(C2CC(CN)CN2C)cc1OC. The Hall–Kier alpha value is -1.59. The zero-order valence-corrected chi connectivity index (χ0v) is 12.3. The number of benzene rings is 1. The molecule has 2 unspecified atom stereocenters. The standard InChI is InChI=1S/C15H22N2O3/c1-17-8-10(7-16)4-13(17)12-6-15(20-3)14(19-2)5-11(12)9-18/h5-6,9-10,13H,4,7-8,16H2,1-3H3. The maximum Gasteiger partial charge on any atom is 0.161 e. The lowest BCUT2D eigenvalue weighted by Gasteiger charge is -2.22. The van der Waals surface area contributed by atoms with Crippen LogP contribution in [0.15, 0.2) is 12.1 Å². The third-order valence-corrected chi connectivity index (χ3v) is 4.04. The van der Waals surface area contributed by atoms with E-state index in [9.17, 15) is 4.79 Å². The van der Waals surface area contributed by atoms with Gasteiger partial charge in [-0.3, -0.25) is 9.69 Å². The molecule has 0 bridgehead atoms. The number of carbonyl (C=O) groups excluding carboxylic acids is 1. The first-order chi connectivity index (χ1) is 9.64. The van der Waals surface area contributed by atoms with E-state index in [0.717, 1.165) is 24.8 Å². The number of rotatable bonds is 5. The lowest BCUT2D eigenvalue weighted by atomic mass is 9.95. The lowest BCUT2D eigenvalue weighted by molar-refractivity contribution is 0.112. The number of methoxy groups -OCH3 is 2. The van der Waals surface area contributed by atoms with Crippen LogP contribution < -0.4 is 15.2 Å². The minimum Gasteiger partial charge on any atom is -0.493 e. The van der Waals surface area contributed by atoms with Crippen molar-refractivity contribution in [1.29, 1.82) is 0 Å². The Labute approximate surface area is 119 Å². The molecule has 5 heteroatoms. The molecule has 2 atom stereocenters. The Bertz CT molecular complexity index is 490. The minimum atomic E-state index is 0.198. The van der Waals surface area contributed by atoms with Gasteiger partial charge in [0.2, 0.25) is 0 Å². The molecule has 0 spiro atoms. The Morgan fingerprint density at radius 1 is 1.35 bits per heavy atom. The molecule has 0 aromatic heterocycles. The molecule has 1 fully saturated rings. The topological polar surface area (TPSA) is 64.8 Å². The van der Waals surface area contributed by atoms with Crippen LogP contribution in [0, 0.1) is 5.92 Å². The van der Waals surface area contributed by atoms with Crippen molar-refractivity contribution in [3.05, 3.63) is 23.3 Å². The molecule has 1 saturated heterocycles. The first-order valence-electron chi connectivity index (χ1n) is 6.76. The summed E-state index contributed by atoms with van der Waals surface area (Å²) in [5, 5.41) is 0. The fourth-order valence-electron chi connectivity index (χ4n) is 2.94. The average molecular weight is 278 g/mol. The zero-order chi connectivity index (χ0) is 14.7. The van der Waals surface area contributed by atoms with Crippen molar-refractivity contribution in [2.45, 2.75) is 12.5 Å². The summed E-state index contributed by atoms with van der Waals surface area (Å²) in [6.07, 6.45) is 1.84. The van der Waals surface area contributed by atoms with Gasteiger partial charge < -0.3 is 15.2 Å². The summed E-state index contributed by atoms with van der Waals surface area (Å²) in [7, 11) is 5.23. The van der Waals surface area contributed by atoms with Crippen molar-refractivity contribution < 1.29 is 14.3 Å². The minimum absolute atomic E-state index is 0.198. The number of ether oxygens (including phenoxy) is 2. The molecular formula is C15H22N2O3. The van der Waals surface area contributed by atoms with E-state index >= 15 is 0 Å². The second-order valence-corrected chi connectivity index (χ2v) is 5.25. The van der Waals surface area contributed by atoms with Gasteiger partial charge in [0, 0.05) is 18.2 Å². The summed E-state index contributed by atoms with van der Waals surface area (Å²) in [6, 6.07) is 3.84. The fraction of sp³-hybridized carbons (Fsp3) is 0.533. The number of hydrogen-bond donors (Lipinski definition) is 1. The second-order valence-electron chi connectivity index (χ2n) is 5.25. The van der Waals surface area contributed by atoms with E-state index in [2.05, 4.69) is 11.9 Å². The van der Waals surface area contributed by atoms with E-state index in [0.29, 0.717) is 29.5 Å². The number of nitrogens with two attached hydrogens (primary N) is 1. The molecule has 110 valence electrons. The molecule has 1 aromatic carbocycles. The first-order valence-corrected chi connectivity index (χ1v) is 6.76. The van der Waals surface area contributed by atoms with Crippen LogP contribution in [0.4, 0.5) is 0 Å². The van der Waals surface area contributed by atoms with Crippen LogP contribution in [0.25, 0.3) is 0 Å². The Balaban J connectivity index is 2.42. The van der Waals surface area contributed by atoms with Gasteiger partial charge in [0.1, 0.15) is 0 Å². The molecular weight excluding hydrogens is 256 g/mol. The predicted molar refractivity (Wildman–Crippen MR) is 77.5 cm³/mol. The van der Waals surface area contributed by atoms with Crippen molar-refractivity contribution in [1.82, 2.24) is 4.90 Å². The Kier molecular flexibility index (Phi) is 4.62. The van der Waals surface area contributed by atoms with Gasteiger partial charge in [0.05, 0.1) is 14.2 Å². The number of nitrogens with zero attached hydrogens (tertiary/aromatic N) is 1. The van der Waals surface area contributed by atoms with Crippen molar-refractivity contribution in [3.63, 3.8) is 0 Å². The maximum atomic E-state index is 11.4. The highest BCUT2D eigenvalue weighted by Gasteiger charge is 2.31. The first kappa shape index (κ1) is 14.8. The lowest BCUT2D eigenvalue weighted by Crippen LogP contribution is -2.21. The molecule has 1 aromatic rings. The number of hydrogen-bond acceptors (Lipinski definition) is 5. The Morgan fingerprint density at radius 2 is 2.00 bits per heavy atom. The highest BCUT2D eigenvalue weighted by molar-refractivity contribution is 5.79. The van der Waals surface area contributed by atoms with Crippen LogP contribution in [0.2, 0.25) is 0 Å². The van der Waals surface area contributed by atoms with Gasteiger partial charge in [-0.2, -0.15) is 0 Å². The van der Waals surface area contributed by atoms with Crippen molar-refractivity contribution in [3.8, 4) is 11.5 Å². The Morgan fingerprint density at radius 3 is 2.50 bits per heavy atom. The summed E-state index contributed by atoms with van der Waals surface area (Å²) >= 11 is 0. The maximum absolute atomic E-state index is 11.4. The van der Waals surface area contributed by atoms with Gasteiger partial charge >= 0.3 is 0 Å². The van der Waals surface area contributed by atoms with Crippen LogP contribution >= 0.6 is 0 Å². The normalized spacial score (nSPS) is 22.8. The molecule has 1 aliphatic rings. The molecule has 0 amide bonds. The predicted octanol–water partition coefficient (Wildman–Crippen LogP) is 1.47. The summed E-state index contributed by atoms with van der Waals surface area (Å²) in [5.74, 6) is 1.70. The third kappa shape index (κ3) is 2.64. The van der Waals surface area contributed by atoms with Crippen LogP contribution in [0.5, 0.6) is 11.5 Å². The summed E-state index contributed by atoms with van der Waals surface area (Å²) in [5.41, 5.74) is 7.40. The van der Waals surface area contributed by atoms with Gasteiger partial charge in [-0.05, 0) is 43.6 Å². The fourth-order valence-corrected chi connectivity index (χ4v) is 2.94. The van der Waals surface area contributed by atoms with E-state index < -0.39 is 0 Å². The number of likely N-dealkylation sites (tertiary alicyclic amines) is 1. The molecule has 1 heterocycles. The van der Waals surface area contributed by atoms with E-state index in [4.69, 9.17) is 15.2 Å². The molecule has 2 rings (SSSR count). The van der Waals surface area contributed by atoms with Crippen molar-refractivity contribution >= 4 is 6.29 Å². The van der Waals surface area contributed by atoms with Crippen LogP contribution in [-0.4, -0.2) is 45.5 Å². The highest BCUT2D eigenvalue weighted by atomic mass is 16.5. The zero-order valence-electron chi connectivity index (χ0n) is 12.3. The van der Waals surface area contributed by atoms with Gasteiger partial charge in [0.15, 0.2) is 17.8 Å². The summed E-state index contributed by atoms with van der Waals surface area (Å²) in [4.78, 5) is 13.6.